The number of aryl methyl sites for hydroxylation is 1. The van der Waals surface area contributed by atoms with Gasteiger partial charge in [0.25, 0.3) is 5.91 Å². The molecule has 0 saturated carbocycles. The highest BCUT2D eigenvalue weighted by molar-refractivity contribution is 6.30. The Balaban J connectivity index is 1.54. The molecule has 2 aromatic heterocycles. The van der Waals surface area contributed by atoms with E-state index in [2.05, 4.69) is 10.3 Å². The van der Waals surface area contributed by atoms with Crippen LogP contribution in [0.2, 0.25) is 5.02 Å². The first-order valence-electron chi connectivity index (χ1n) is 8.73. The number of nitrogens with zero attached hydrogens (tertiary/aromatic N) is 2. The number of amides is 1. The van der Waals surface area contributed by atoms with E-state index in [9.17, 15) is 4.79 Å². The molecule has 25 heavy (non-hydrogen) atoms. The fraction of sp³-hybridized carbons (Fsp3) is 0.556. The number of halogens is 1. The lowest BCUT2D eigenvalue weighted by molar-refractivity contribution is -0.139. The van der Waals surface area contributed by atoms with Gasteiger partial charge >= 0.3 is 0 Å². The number of rotatable bonds is 2. The number of aromatic nitrogens is 2. The number of imidazole rings is 1. The van der Waals surface area contributed by atoms with E-state index in [-0.39, 0.29) is 17.6 Å². The molecule has 2 saturated heterocycles. The van der Waals surface area contributed by atoms with Crippen molar-refractivity contribution in [1.29, 1.82) is 0 Å². The monoisotopic (exact) mass is 363 g/mol. The van der Waals surface area contributed by atoms with Gasteiger partial charge in [-0.25, -0.2) is 4.98 Å². The minimum absolute atomic E-state index is 0.100. The highest BCUT2D eigenvalue weighted by atomic mass is 35.5. The summed E-state index contributed by atoms with van der Waals surface area (Å²) in [5, 5.41) is 3.76. The second kappa shape index (κ2) is 6.59. The van der Waals surface area contributed by atoms with E-state index in [1.54, 1.807) is 16.7 Å². The summed E-state index contributed by atoms with van der Waals surface area (Å²) in [4.78, 5) is 17.4. The first-order chi connectivity index (χ1) is 12.1. The smallest absolute Gasteiger partial charge is 0.270 e. The van der Waals surface area contributed by atoms with Gasteiger partial charge in [0.15, 0.2) is 0 Å². The number of hydrogen-bond donors (Lipinski definition) is 1. The Morgan fingerprint density at radius 1 is 1.36 bits per heavy atom. The molecule has 0 bridgehead atoms. The first kappa shape index (κ1) is 16.8. The van der Waals surface area contributed by atoms with E-state index in [1.165, 1.54) is 0 Å². The second-order valence-corrected chi connectivity index (χ2v) is 7.36. The summed E-state index contributed by atoms with van der Waals surface area (Å²) in [6.07, 6.45) is 5.17. The van der Waals surface area contributed by atoms with Crippen molar-refractivity contribution in [2.75, 3.05) is 19.8 Å². The van der Waals surface area contributed by atoms with Crippen molar-refractivity contribution in [3.05, 3.63) is 34.7 Å². The molecule has 2 aliphatic rings. The van der Waals surface area contributed by atoms with E-state index in [0.29, 0.717) is 23.0 Å². The van der Waals surface area contributed by atoms with Gasteiger partial charge in [-0.15, -0.1) is 0 Å². The van der Waals surface area contributed by atoms with E-state index >= 15 is 0 Å². The molecule has 134 valence electrons. The van der Waals surface area contributed by atoms with Gasteiger partial charge < -0.3 is 14.8 Å². The first-order valence-corrected chi connectivity index (χ1v) is 9.11. The van der Waals surface area contributed by atoms with Gasteiger partial charge in [-0.05, 0) is 44.7 Å². The SMILES string of the molecule is Cc1nc2ccc(Cl)cn2c1C(=O)N[C@@H]1CCOC2(CCOCC2)C1. The van der Waals surface area contributed by atoms with E-state index in [0.717, 1.165) is 44.5 Å². The standard InChI is InChI=1S/C18H22ClN3O3/c1-12-16(22-11-13(19)2-3-15(22)20-12)17(23)21-14-4-7-25-18(10-14)5-8-24-9-6-18/h2-3,11,14H,4-10H2,1H3,(H,21,23)/t14-/m1/s1. The molecular formula is C18H22ClN3O3. The van der Waals surface area contributed by atoms with Crippen molar-refractivity contribution in [3.63, 3.8) is 0 Å². The molecule has 2 fully saturated rings. The molecule has 1 atom stereocenters. The zero-order valence-electron chi connectivity index (χ0n) is 14.3. The van der Waals surface area contributed by atoms with Crippen LogP contribution in [0.5, 0.6) is 0 Å². The van der Waals surface area contributed by atoms with Gasteiger partial charge in [0.05, 0.1) is 16.3 Å². The Bertz CT molecular complexity index is 793. The predicted octanol–water partition coefficient (Wildman–Crippen LogP) is 2.75. The topological polar surface area (TPSA) is 64.9 Å². The molecule has 1 amide bonds. The Morgan fingerprint density at radius 3 is 2.96 bits per heavy atom. The quantitative estimate of drug-likeness (QED) is 0.891. The van der Waals surface area contributed by atoms with Crippen molar-refractivity contribution in [2.45, 2.75) is 44.2 Å². The highest BCUT2D eigenvalue weighted by Gasteiger charge is 2.39. The van der Waals surface area contributed by atoms with Crippen LogP contribution in [-0.2, 0) is 9.47 Å². The summed E-state index contributed by atoms with van der Waals surface area (Å²) in [6, 6.07) is 3.69. The molecule has 1 N–H and O–H groups in total. The summed E-state index contributed by atoms with van der Waals surface area (Å²) in [7, 11) is 0. The van der Waals surface area contributed by atoms with Crippen molar-refractivity contribution in [3.8, 4) is 0 Å². The van der Waals surface area contributed by atoms with Crippen LogP contribution < -0.4 is 5.32 Å². The molecule has 7 heteroatoms. The minimum Gasteiger partial charge on any atom is -0.381 e. The van der Waals surface area contributed by atoms with Crippen LogP contribution in [0, 0.1) is 6.92 Å². The van der Waals surface area contributed by atoms with Crippen LogP contribution >= 0.6 is 11.6 Å². The van der Waals surface area contributed by atoms with E-state index in [1.807, 2.05) is 13.0 Å². The summed E-state index contributed by atoms with van der Waals surface area (Å²) in [5.74, 6) is -0.110. The third kappa shape index (κ3) is 3.26. The Labute approximate surface area is 151 Å². The lowest BCUT2D eigenvalue weighted by atomic mass is 9.84. The van der Waals surface area contributed by atoms with E-state index < -0.39 is 0 Å². The van der Waals surface area contributed by atoms with Crippen LogP contribution in [-0.4, -0.2) is 46.8 Å². The van der Waals surface area contributed by atoms with Gasteiger partial charge in [-0.1, -0.05) is 11.6 Å². The van der Waals surface area contributed by atoms with Crippen molar-refractivity contribution < 1.29 is 14.3 Å². The number of fused-ring (bicyclic) bond motifs is 1. The highest BCUT2D eigenvalue weighted by Crippen LogP contribution is 2.34. The summed E-state index contributed by atoms with van der Waals surface area (Å²) < 4.78 is 13.3. The largest absolute Gasteiger partial charge is 0.381 e. The molecule has 0 aromatic carbocycles. The van der Waals surface area contributed by atoms with Crippen LogP contribution in [0.15, 0.2) is 18.3 Å². The van der Waals surface area contributed by atoms with Gasteiger partial charge in [-0.3, -0.25) is 9.20 Å². The number of carbonyl (C=O) groups is 1. The van der Waals surface area contributed by atoms with Crippen molar-refractivity contribution in [2.24, 2.45) is 0 Å². The fourth-order valence-electron chi connectivity index (χ4n) is 3.91. The normalized spacial score (nSPS) is 23.0. The lowest BCUT2D eigenvalue weighted by Gasteiger charge is -2.43. The predicted molar refractivity (Wildman–Crippen MR) is 94.2 cm³/mol. The maximum Gasteiger partial charge on any atom is 0.270 e. The van der Waals surface area contributed by atoms with Crippen LogP contribution in [0.25, 0.3) is 5.65 Å². The molecular weight excluding hydrogens is 342 g/mol. The van der Waals surface area contributed by atoms with Gasteiger partial charge in [0, 0.05) is 32.1 Å². The summed E-state index contributed by atoms with van der Waals surface area (Å²) in [6.45, 7) is 3.97. The Kier molecular flexibility index (Phi) is 4.43. The molecule has 4 rings (SSSR count). The average molecular weight is 364 g/mol. The molecule has 4 heterocycles. The second-order valence-electron chi connectivity index (χ2n) is 6.93. The number of nitrogens with one attached hydrogen (secondary N) is 1. The van der Waals surface area contributed by atoms with E-state index in [4.69, 9.17) is 21.1 Å². The average Bonchev–Trinajstić information content (AvgIpc) is 2.90. The molecule has 2 aromatic rings. The number of pyridine rings is 1. The molecule has 2 aliphatic heterocycles. The summed E-state index contributed by atoms with van der Waals surface area (Å²) in [5.41, 5.74) is 1.82. The molecule has 6 nitrogen and oxygen atoms in total. The zero-order valence-corrected chi connectivity index (χ0v) is 15.0. The Hall–Kier alpha value is -1.63. The molecule has 1 spiro atoms. The van der Waals surface area contributed by atoms with Gasteiger partial charge in [0.1, 0.15) is 11.3 Å². The third-order valence-electron chi connectivity index (χ3n) is 5.20. The third-order valence-corrected chi connectivity index (χ3v) is 5.43. The van der Waals surface area contributed by atoms with Crippen molar-refractivity contribution >= 4 is 23.2 Å². The van der Waals surface area contributed by atoms with Crippen LogP contribution in [0.1, 0.15) is 41.9 Å². The Morgan fingerprint density at radius 2 is 2.16 bits per heavy atom. The van der Waals surface area contributed by atoms with Gasteiger partial charge in [0.2, 0.25) is 0 Å². The lowest BCUT2D eigenvalue weighted by Crippen LogP contribution is -2.51. The number of carbonyl (C=O) groups excluding carboxylic acids is 1. The fourth-order valence-corrected chi connectivity index (χ4v) is 4.07. The minimum atomic E-state index is -0.147. The summed E-state index contributed by atoms with van der Waals surface area (Å²) >= 11 is 6.09. The zero-order chi connectivity index (χ0) is 17.4. The van der Waals surface area contributed by atoms with Crippen LogP contribution in [0.3, 0.4) is 0 Å². The number of hydrogen-bond acceptors (Lipinski definition) is 4. The molecule has 0 radical (unpaired) electrons. The van der Waals surface area contributed by atoms with Crippen LogP contribution in [0.4, 0.5) is 0 Å². The van der Waals surface area contributed by atoms with Gasteiger partial charge in [-0.2, -0.15) is 0 Å². The van der Waals surface area contributed by atoms with Crippen molar-refractivity contribution in [1.82, 2.24) is 14.7 Å². The molecule has 0 unspecified atom stereocenters. The maximum atomic E-state index is 12.9. The maximum absolute atomic E-state index is 12.9. The number of ether oxygens (including phenoxy) is 2. The molecule has 0 aliphatic carbocycles.